The summed E-state index contributed by atoms with van der Waals surface area (Å²) in [5.41, 5.74) is 0.303. The summed E-state index contributed by atoms with van der Waals surface area (Å²) >= 11 is 0. The number of hydrogen-bond donors (Lipinski definition) is 1. The molecular formula is C15H20F3N3O4S. The number of carboxylic acid groups (broad SMARTS) is 1. The average molecular weight is 395 g/mol. The van der Waals surface area contributed by atoms with Gasteiger partial charge in [-0.3, -0.25) is 0 Å². The van der Waals surface area contributed by atoms with E-state index in [1.807, 2.05) is 0 Å². The van der Waals surface area contributed by atoms with Crippen molar-refractivity contribution in [2.24, 2.45) is 5.92 Å². The zero-order valence-electron chi connectivity index (χ0n) is 14.1. The van der Waals surface area contributed by atoms with Gasteiger partial charge in [-0.2, -0.15) is 18.3 Å². The lowest BCUT2D eigenvalue weighted by molar-refractivity contribution is -0.142. The van der Waals surface area contributed by atoms with E-state index in [-0.39, 0.29) is 30.5 Å². The van der Waals surface area contributed by atoms with Crippen LogP contribution in [-0.4, -0.2) is 59.0 Å². The number of anilines is 1. The Labute approximate surface area is 148 Å². The predicted octanol–water partition coefficient (Wildman–Crippen LogP) is 1.61. The number of carboxylic acids is 1. The van der Waals surface area contributed by atoms with E-state index in [2.05, 4.69) is 5.10 Å². The van der Waals surface area contributed by atoms with Crippen LogP contribution in [0.3, 0.4) is 0 Å². The monoisotopic (exact) mass is 395 g/mol. The number of rotatable bonds is 6. The van der Waals surface area contributed by atoms with E-state index >= 15 is 0 Å². The number of nitrogens with zero attached hydrogens (tertiary/aromatic N) is 3. The Bertz CT molecular complexity index is 802. The van der Waals surface area contributed by atoms with Gasteiger partial charge >= 0.3 is 12.1 Å². The molecule has 1 saturated heterocycles. The van der Waals surface area contributed by atoms with Gasteiger partial charge in [-0.25, -0.2) is 17.9 Å². The zero-order chi connectivity index (χ0) is 19.3. The number of aryl methyl sites for hydroxylation is 1. The first kappa shape index (κ1) is 19.0. The van der Waals surface area contributed by atoms with Crippen molar-refractivity contribution in [2.75, 3.05) is 17.2 Å². The molecule has 7 nitrogen and oxygen atoms in total. The van der Waals surface area contributed by atoms with Gasteiger partial charge in [0.15, 0.2) is 9.84 Å². The largest absolute Gasteiger partial charge is 0.480 e. The third kappa shape index (κ3) is 4.13. The third-order valence-corrected chi connectivity index (χ3v) is 7.02. The number of sulfone groups is 1. The average Bonchev–Trinajstić information content (AvgIpc) is 3.04. The molecule has 11 heteroatoms. The van der Waals surface area contributed by atoms with Crippen molar-refractivity contribution in [1.82, 2.24) is 9.78 Å². The number of aliphatic carboxylic acids is 1. The topological polar surface area (TPSA) is 92.5 Å². The van der Waals surface area contributed by atoms with Gasteiger partial charge in [-0.15, -0.1) is 0 Å². The van der Waals surface area contributed by atoms with Gasteiger partial charge in [-0.05, 0) is 32.1 Å². The van der Waals surface area contributed by atoms with Crippen molar-refractivity contribution in [3.8, 4) is 0 Å². The van der Waals surface area contributed by atoms with Crippen LogP contribution in [-0.2, 0) is 21.2 Å². The number of carbonyl (C=O) groups is 1. The lowest BCUT2D eigenvalue weighted by atomic mass is 10.2. The van der Waals surface area contributed by atoms with Gasteiger partial charge in [-0.1, -0.05) is 0 Å². The van der Waals surface area contributed by atoms with Crippen LogP contribution in [0, 0.1) is 12.8 Å². The molecule has 1 saturated carbocycles. The molecule has 0 radical (unpaired) electrons. The molecule has 2 atom stereocenters. The highest BCUT2D eigenvalue weighted by atomic mass is 32.2. The SMILES string of the molecule is Cc1cc(N2C[C@H](S(=O)(=O)CC3CC3)C[C@H]2C(=O)O)n(CC(F)(F)F)n1. The van der Waals surface area contributed by atoms with Crippen molar-refractivity contribution in [2.45, 2.75) is 50.2 Å². The fourth-order valence-corrected chi connectivity index (χ4v) is 5.47. The van der Waals surface area contributed by atoms with Gasteiger partial charge in [0.2, 0.25) is 0 Å². The van der Waals surface area contributed by atoms with Gasteiger partial charge in [0.05, 0.1) is 16.7 Å². The van der Waals surface area contributed by atoms with E-state index in [1.165, 1.54) is 17.9 Å². The van der Waals surface area contributed by atoms with E-state index in [9.17, 15) is 31.5 Å². The van der Waals surface area contributed by atoms with Crippen molar-refractivity contribution in [1.29, 1.82) is 0 Å². The molecule has 2 heterocycles. The Hall–Kier alpha value is -1.78. The quantitative estimate of drug-likeness (QED) is 0.787. The van der Waals surface area contributed by atoms with Crippen LogP contribution in [0.2, 0.25) is 0 Å². The second-order valence-electron chi connectivity index (χ2n) is 7.05. The summed E-state index contributed by atoms with van der Waals surface area (Å²) in [6.45, 7) is -0.00292. The fraction of sp³-hybridized carbons (Fsp3) is 0.733. The molecule has 0 amide bonds. The minimum Gasteiger partial charge on any atom is -0.480 e. The number of alkyl halides is 3. The fourth-order valence-electron chi connectivity index (χ4n) is 3.34. The Kier molecular flexibility index (Phi) is 4.70. The van der Waals surface area contributed by atoms with Crippen LogP contribution in [0.4, 0.5) is 19.0 Å². The molecule has 3 rings (SSSR count). The summed E-state index contributed by atoms with van der Waals surface area (Å²) < 4.78 is 64.1. The molecule has 0 aromatic carbocycles. The van der Waals surface area contributed by atoms with E-state index < -0.39 is 39.8 Å². The Morgan fingerprint density at radius 1 is 1.38 bits per heavy atom. The van der Waals surface area contributed by atoms with E-state index in [4.69, 9.17) is 0 Å². The molecule has 1 N–H and O–H groups in total. The van der Waals surface area contributed by atoms with Crippen molar-refractivity contribution in [3.63, 3.8) is 0 Å². The lowest BCUT2D eigenvalue weighted by Crippen LogP contribution is -2.38. The molecule has 0 spiro atoms. The highest BCUT2D eigenvalue weighted by Crippen LogP contribution is 2.36. The molecule has 26 heavy (non-hydrogen) atoms. The smallest absolute Gasteiger partial charge is 0.408 e. The molecule has 0 unspecified atom stereocenters. The molecule has 1 aliphatic heterocycles. The normalized spacial score (nSPS) is 24.2. The summed E-state index contributed by atoms with van der Waals surface area (Å²) in [5.74, 6) is -1.14. The van der Waals surface area contributed by atoms with Gasteiger partial charge in [0, 0.05) is 12.6 Å². The summed E-state index contributed by atoms with van der Waals surface area (Å²) in [5, 5.41) is 12.4. The maximum Gasteiger partial charge on any atom is 0.408 e. The summed E-state index contributed by atoms with van der Waals surface area (Å²) in [6.07, 6.45) is -2.98. The minimum atomic E-state index is -4.52. The van der Waals surface area contributed by atoms with Crippen LogP contribution < -0.4 is 4.90 Å². The van der Waals surface area contributed by atoms with Crippen LogP contribution in [0.15, 0.2) is 6.07 Å². The molecular weight excluding hydrogens is 375 g/mol. The second-order valence-corrected chi connectivity index (χ2v) is 9.38. The first-order valence-corrected chi connectivity index (χ1v) is 10.00. The first-order chi connectivity index (χ1) is 12.0. The van der Waals surface area contributed by atoms with Crippen LogP contribution in [0.1, 0.15) is 25.0 Å². The number of halogens is 3. The maximum atomic E-state index is 12.8. The number of aromatic nitrogens is 2. The Morgan fingerprint density at radius 3 is 2.58 bits per heavy atom. The zero-order valence-corrected chi connectivity index (χ0v) is 14.9. The van der Waals surface area contributed by atoms with Crippen LogP contribution in [0.5, 0.6) is 0 Å². The third-order valence-electron chi connectivity index (χ3n) is 4.72. The summed E-state index contributed by atoms with van der Waals surface area (Å²) in [4.78, 5) is 12.8. The summed E-state index contributed by atoms with van der Waals surface area (Å²) in [7, 11) is -3.50. The molecule has 1 aliphatic carbocycles. The molecule has 2 fully saturated rings. The van der Waals surface area contributed by atoms with Crippen molar-refractivity contribution >= 4 is 21.6 Å². The van der Waals surface area contributed by atoms with Crippen LogP contribution in [0.25, 0.3) is 0 Å². The summed E-state index contributed by atoms with van der Waals surface area (Å²) in [6, 6.07) is 0.162. The number of hydrogen-bond acceptors (Lipinski definition) is 5. The lowest BCUT2D eigenvalue weighted by Gasteiger charge is -2.24. The van der Waals surface area contributed by atoms with E-state index in [0.717, 1.165) is 12.8 Å². The molecule has 1 aromatic rings. The van der Waals surface area contributed by atoms with Crippen molar-refractivity contribution in [3.05, 3.63) is 11.8 Å². The molecule has 1 aromatic heterocycles. The first-order valence-electron chi connectivity index (χ1n) is 8.28. The highest BCUT2D eigenvalue weighted by Gasteiger charge is 2.45. The van der Waals surface area contributed by atoms with E-state index in [1.54, 1.807) is 0 Å². The Morgan fingerprint density at radius 2 is 2.04 bits per heavy atom. The Balaban J connectivity index is 1.89. The standard InChI is InChI=1S/C15H20F3N3O4S/c1-9-4-13(21(19-9)8-15(16,17)18)20-6-11(5-12(20)14(22)23)26(24,25)7-10-2-3-10/h4,10-12H,2-3,5-8H2,1H3,(H,22,23)/t11-,12+/m1/s1. The van der Waals surface area contributed by atoms with Crippen molar-refractivity contribution < 1.29 is 31.5 Å². The predicted molar refractivity (Wildman–Crippen MR) is 86.7 cm³/mol. The van der Waals surface area contributed by atoms with Crippen LogP contribution >= 0.6 is 0 Å². The second kappa shape index (κ2) is 6.43. The molecule has 146 valence electrons. The van der Waals surface area contributed by atoms with Gasteiger partial charge in [0.1, 0.15) is 18.4 Å². The minimum absolute atomic E-state index is 0.0126. The van der Waals surface area contributed by atoms with E-state index in [0.29, 0.717) is 10.4 Å². The molecule has 0 bridgehead atoms. The maximum absolute atomic E-state index is 12.8. The van der Waals surface area contributed by atoms with Gasteiger partial charge in [0.25, 0.3) is 0 Å². The highest BCUT2D eigenvalue weighted by molar-refractivity contribution is 7.92. The molecule has 2 aliphatic rings. The van der Waals surface area contributed by atoms with Gasteiger partial charge < -0.3 is 10.0 Å².